The molecule has 0 spiro atoms. The highest BCUT2D eigenvalue weighted by Crippen LogP contribution is 2.41. The Morgan fingerprint density at radius 1 is 1.03 bits per heavy atom. The molecule has 0 bridgehead atoms. The van der Waals surface area contributed by atoms with Crippen molar-refractivity contribution in [3.8, 4) is 5.69 Å². The first-order chi connectivity index (χ1) is 16.5. The average Bonchev–Trinajstić information content (AvgIpc) is 3.34. The molecule has 5 rings (SSSR count). The van der Waals surface area contributed by atoms with E-state index < -0.39 is 0 Å². The molecule has 0 unspecified atom stereocenters. The van der Waals surface area contributed by atoms with Crippen LogP contribution in [0, 0.1) is 20.8 Å². The fourth-order valence-electron chi connectivity index (χ4n) is 5.24. The summed E-state index contributed by atoms with van der Waals surface area (Å²) in [6.07, 6.45) is 1.86. The first-order valence-electron chi connectivity index (χ1n) is 12.1. The Hall–Kier alpha value is -2.74. The molecule has 2 atom stereocenters. The molecule has 3 aromatic rings. The van der Waals surface area contributed by atoms with E-state index >= 15 is 0 Å². The van der Waals surface area contributed by atoms with Crippen molar-refractivity contribution in [2.24, 2.45) is 0 Å². The molecule has 2 aliphatic heterocycles. The third-order valence-corrected chi connectivity index (χ3v) is 7.39. The van der Waals surface area contributed by atoms with E-state index in [4.69, 9.17) is 21.9 Å². The number of morpholine rings is 1. The lowest BCUT2D eigenvalue weighted by Gasteiger charge is -2.32. The molecule has 0 aliphatic carbocycles. The molecule has 2 fully saturated rings. The van der Waals surface area contributed by atoms with Crippen molar-refractivity contribution in [2.45, 2.75) is 32.9 Å². The van der Waals surface area contributed by atoms with Crippen LogP contribution in [0.15, 0.2) is 54.7 Å². The second-order valence-corrected chi connectivity index (χ2v) is 9.66. The normalized spacial score (nSPS) is 21.1. The molecule has 0 saturated carbocycles. The number of rotatable bonds is 6. The van der Waals surface area contributed by atoms with E-state index in [-0.39, 0.29) is 12.1 Å². The van der Waals surface area contributed by atoms with E-state index in [9.17, 15) is 0 Å². The third kappa shape index (κ3) is 4.48. The monoisotopic (exact) mass is 475 g/mol. The summed E-state index contributed by atoms with van der Waals surface area (Å²) in [6, 6.07) is 17.3. The molecular formula is C27H33N5OS. The lowest BCUT2D eigenvalue weighted by Crippen LogP contribution is -2.42. The van der Waals surface area contributed by atoms with Crippen molar-refractivity contribution in [3.05, 3.63) is 82.9 Å². The summed E-state index contributed by atoms with van der Waals surface area (Å²) in [7, 11) is 0. The van der Waals surface area contributed by atoms with Gasteiger partial charge in [0.1, 0.15) is 0 Å². The molecule has 7 heteroatoms. The van der Waals surface area contributed by atoms with Crippen LogP contribution < -0.4 is 5.32 Å². The van der Waals surface area contributed by atoms with Crippen molar-refractivity contribution < 1.29 is 4.74 Å². The predicted molar refractivity (Wildman–Crippen MR) is 139 cm³/mol. The smallest absolute Gasteiger partial charge is 0.170 e. The van der Waals surface area contributed by atoms with Crippen LogP contribution in [-0.4, -0.2) is 63.9 Å². The van der Waals surface area contributed by atoms with Crippen molar-refractivity contribution >= 4 is 17.3 Å². The van der Waals surface area contributed by atoms with Gasteiger partial charge in [-0.3, -0.25) is 9.88 Å². The number of hydrogen-bond acceptors (Lipinski definition) is 4. The van der Waals surface area contributed by atoms with Gasteiger partial charge in [0.25, 0.3) is 0 Å². The van der Waals surface area contributed by atoms with Crippen LogP contribution in [0.1, 0.15) is 40.3 Å². The zero-order valence-corrected chi connectivity index (χ0v) is 21.0. The zero-order chi connectivity index (χ0) is 23.7. The predicted octanol–water partition coefficient (Wildman–Crippen LogP) is 4.10. The van der Waals surface area contributed by atoms with Gasteiger partial charge in [0.05, 0.1) is 31.0 Å². The minimum Gasteiger partial charge on any atom is -0.379 e. The van der Waals surface area contributed by atoms with E-state index in [1.54, 1.807) is 0 Å². The number of thiocarbonyl (C=S) groups is 1. The minimum absolute atomic E-state index is 0.00496. The first-order valence-corrected chi connectivity index (χ1v) is 12.5. The van der Waals surface area contributed by atoms with Crippen molar-refractivity contribution in [1.29, 1.82) is 0 Å². The van der Waals surface area contributed by atoms with Gasteiger partial charge < -0.3 is 19.5 Å². The van der Waals surface area contributed by atoms with Crippen LogP contribution in [0.3, 0.4) is 0 Å². The largest absolute Gasteiger partial charge is 0.379 e. The number of nitrogens with zero attached hydrogens (tertiary/aromatic N) is 4. The number of nitrogens with one attached hydrogen (secondary N) is 1. The highest BCUT2D eigenvalue weighted by atomic mass is 32.1. The fourth-order valence-corrected chi connectivity index (χ4v) is 5.57. The van der Waals surface area contributed by atoms with Crippen LogP contribution >= 0.6 is 12.2 Å². The maximum atomic E-state index is 5.89. The van der Waals surface area contributed by atoms with Gasteiger partial charge in [-0.2, -0.15) is 0 Å². The summed E-state index contributed by atoms with van der Waals surface area (Å²) in [5.41, 5.74) is 7.24. The molecule has 34 heavy (non-hydrogen) atoms. The van der Waals surface area contributed by atoms with Gasteiger partial charge in [-0.25, -0.2) is 0 Å². The Morgan fingerprint density at radius 2 is 1.79 bits per heavy atom. The minimum atomic E-state index is 0.00496. The third-order valence-electron chi connectivity index (χ3n) is 7.04. The molecule has 0 radical (unpaired) electrons. The quantitative estimate of drug-likeness (QED) is 0.542. The van der Waals surface area contributed by atoms with Gasteiger partial charge in [0.2, 0.25) is 0 Å². The van der Waals surface area contributed by atoms with Crippen LogP contribution in [0.5, 0.6) is 0 Å². The van der Waals surface area contributed by atoms with Gasteiger partial charge in [-0.1, -0.05) is 23.8 Å². The molecule has 4 heterocycles. The summed E-state index contributed by atoms with van der Waals surface area (Å²) in [6.45, 7) is 11.9. The highest BCUT2D eigenvalue weighted by molar-refractivity contribution is 7.80. The highest BCUT2D eigenvalue weighted by Gasteiger charge is 2.41. The summed E-state index contributed by atoms with van der Waals surface area (Å²) in [5.74, 6) is 0. The van der Waals surface area contributed by atoms with Crippen LogP contribution in [0.25, 0.3) is 5.69 Å². The number of aryl methyl sites for hydroxylation is 2. The molecular weight excluding hydrogens is 442 g/mol. The lowest BCUT2D eigenvalue weighted by atomic mass is 9.96. The Bertz CT molecular complexity index is 1140. The number of benzene rings is 1. The van der Waals surface area contributed by atoms with E-state index in [1.165, 1.54) is 28.2 Å². The molecule has 1 N–H and O–H groups in total. The summed E-state index contributed by atoms with van der Waals surface area (Å²) >= 11 is 5.89. The maximum Gasteiger partial charge on any atom is 0.170 e. The SMILES string of the molecule is Cc1ccc(-n2c(C)cc([C@@H]3[C@H](c4ccccn4)NC(=S)N3CCN3CCOCC3)c2C)cc1. The number of hydrogen-bond donors (Lipinski definition) is 1. The standard InChI is InChI=1S/C27H33N5OS/c1-19-7-9-22(10-8-19)32-20(2)18-23(21(32)3)26-25(24-6-4-5-11-28-24)29-27(34)31(26)13-12-30-14-16-33-17-15-30/h4-11,18,25-26H,12-17H2,1-3H3,(H,29,34)/t25-,26+/m0/s1. The second kappa shape index (κ2) is 9.86. The van der Waals surface area contributed by atoms with Crippen molar-refractivity contribution in [2.75, 3.05) is 39.4 Å². The van der Waals surface area contributed by atoms with E-state index in [0.717, 1.165) is 50.2 Å². The van der Waals surface area contributed by atoms with Crippen molar-refractivity contribution in [3.63, 3.8) is 0 Å². The lowest BCUT2D eigenvalue weighted by molar-refractivity contribution is 0.0350. The molecule has 1 aromatic carbocycles. The van der Waals surface area contributed by atoms with Crippen LogP contribution in [-0.2, 0) is 4.74 Å². The zero-order valence-electron chi connectivity index (χ0n) is 20.2. The van der Waals surface area contributed by atoms with Gasteiger partial charge in [-0.05, 0) is 68.9 Å². The molecule has 178 valence electrons. The van der Waals surface area contributed by atoms with Crippen molar-refractivity contribution in [1.82, 2.24) is 24.7 Å². The van der Waals surface area contributed by atoms with Gasteiger partial charge in [0, 0.05) is 49.5 Å². The number of aromatic nitrogens is 2. The molecule has 0 amide bonds. The topological polar surface area (TPSA) is 45.6 Å². The second-order valence-electron chi connectivity index (χ2n) is 9.27. The fraction of sp³-hybridized carbons (Fsp3) is 0.407. The van der Waals surface area contributed by atoms with Crippen LogP contribution in [0.4, 0.5) is 0 Å². The van der Waals surface area contributed by atoms with E-state index in [1.807, 2.05) is 12.3 Å². The van der Waals surface area contributed by atoms with Crippen LogP contribution in [0.2, 0.25) is 0 Å². The van der Waals surface area contributed by atoms with Gasteiger partial charge in [0.15, 0.2) is 5.11 Å². The Morgan fingerprint density at radius 3 is 2.50 bits per heavy atom. The summed E-state index contributed by atoms with van der Waals surface area (Å²) in [5, 5.41) is 4.40. The van der Waals surface area contributed by atoms with E-state index in [0.29, 0.717) is 0 Å². The Kier molecular flexibility index (Phi) is 6.68. The molecule has 2 aliphatic rings. The number of ether oxygens (including phenoxy) is 1. The molecule has 6 nitrogen and oxygen atoms in total. The molecule has 2 aromatic heterocycles. The molecule has 2 saturated heterocycles. The Balaban J connectivity index is 1.52. The van der Waals surface area contributed by atoms with Gasteiger partial charge in [-0.15, -0.1) is 0 Å². The first kappa shape index (κ1) is 23.0. The summed E-state index contributed by atoms with van der Waals surface area (Å²) in [4.78, 5) is 9.53. The Labute approximate surface area is 207 Å². The van der Waals surface area contributed by atoms with E-state index in [2.05, 4.69) is 82.9 Å². The van der Waals surface area contributed by atoms with Gasteiger partial charge >= 0.3 is 0 Å². The average molecular weight is 476 g/mol. The number of pyridine rings is 1. The maximum absolute atomic E-state index is 5.89. The summed E-state index contributed by atoms with van der Waals surface area (Å²) < 4.78 is 7.89.